The van der Waals surface area contributed by atoms with Gasteiger partial charge in [0.1, 0.15) is 17.3 Å². The molecule has 0 aliphatic carbocycles. The lowest BCUT2D eigenvalue weighted by atomic mass is 10.2. The SMILES string of the molecule is Fc1cccc(Nc2ccc3nc(CNc4ccnc(C(F)(F)F)c4)[nH]c3c2)c1. The van der Waals surface area contributed by atoms with Crippen molar-refractivity contribution in [3.05, 3.63) is 78.1 Å². The van der Waals surface area contributed by atoms with Crippen LogP contribution < -0.4 is 10.6 Å². The first-order chi connectivity index (χ1) is 13.9. The number of pyridine rings is 1. The third-order valence-corrected chi connectivity index (χ3v) is 4.15. The Labute approximate surface area is 162 Å². The maximum atomic E-state index is 13.3. The largest absolute Gasteiger partial charge is 0.433 e. The van der Waals surface area contributed by atoms with Crippen molar-refractivity contribution in [3.63, 3.8) is 0 Å². The molecule has 0 bridgehead atoms. The van der Waals surface area contributed by atoms with Gasteiger partial charge in [-0.2, -0.15) is 13.2 Å². The van der Waals surface area contributed by atoms with Crippen LogP contribution in [0.4, 0.5) is 34.6 Å². The number of H-pyrrole nitrogens is 1. The predicted octanol–water partition coefficient (Wildman–Crippen LogP) is 5.47. The van der Waals surface area contributed by atoms with E-state index in [-0.39, 0.29) is 12.4 Å². The standard InChI is InChI=1S/C20H15F4N5/c21-12-2-1-3-14(8-12)27-15-4-5-16-17(9-15)29-19(28-16)11-26-13-6-7-25-18(10-13)20(22,23)24/h1-10,27H,11H2,(H,25,26)(H,28,29). The fraction of sp³-hybridized carbons (Fsp3) is 0.100. The van der Waals surface area contributed by atoms with E-state index in [9.17, 15) is 17.6 Å². The molecule has 0 aliphatic rings. The van der Waals surface area contributed by atoms with Crippen LogP contribution in [0.3, 0.4) is 0 Å². The number of aromatic amines is 1. The molecule has 4 aromatic rings. The number of rotatable bonds is 5. The number of anilines is 3. The molecule has 0 spiro atoms. The van der Waals surface area contributed by atoms with E-state index in [4.69, 9.17) is 0 Å². The summed E-state index contributed by atoms with van der Waals surface area (Å²) < 4.78 is 51.6. The van der Waals surface area contributed by atoms with Crippen molar-refractivity contribution in [2.75, 3.05) is 10.6 Å². The Hall–Kier alpha value is -3.62. The summed E-state index contributed by atoms with van der Waals surface area (Å²) in [5.74, 6) is 0.226. The van der Waals surface area contributed by atoms with Crippen LogP contribution in [0.15, 0.2) is 60.8 Å². The zero-order chi connectivity index (χ0) is 20.4. The first-order valence-electron chi connectivity index (χ1n) is 8.65. The number of fused-ring (bicyclic) bond motifs is 1. The molecule has 0 saturated heterocycles. The van der Waals surface area contributed by atoms with Crippen molar-refractivity contribution in [1.82, 2.24) is 15.0 Å². The summed E-state index contributed by atoms with van der Waals surface area (Å²) >= 11 is 0. The Kier molecular flexibility index (Phi) is 4.79. The zero-order valence-corrected chi connectivity index (χ0v) is 14.9. The summed E-state index contributed by atoms with van der Waals surface area (Å²) in [6.07, 6.45) is -3.39. The molecule has 5 nitrogen and oxygen atoms in total. The molecule has 0 amide bonds. The van der Waals surface area contributed by atoms with Crippen LogP contribution in [-0.4, -0.2) is 15.0 Å². The third kappa shape index (κ3) is 4.45. The lowest BCUT2D eigenvalue weighted by molar-refractivity contribution is -0.141. The quantitative estimate of drug-likeness (QED) is 0.388. The second-order valence-electron chi connectivity index (χ2n) is 6.33. The molecule has 2 heterocycles. The molecule has 0 aliphatic heterocycles. The number of aromatic nitrogens is 3. The lowest BCUT2D eigenvalue weighted by Gasteiger charge is -2.08. The summed E-state index contributed by atoms with van der Waals surface area (Å²) in [6, 6.07) is 13.9. The van der Waals surface area contributed by atoms with Crippen LogP contribution in [0.5, 0.6) is 0 Å². The molecule has 0 radical (unpaired) electrons. The lowest BCUT2D eigenvalue weighted by Crippen LogP contribution is -2.09. The average Bonchev–Trinajstić information content (AvgIpc) is 3.08. The van der Waals surface area contributed by atoms with Gasteiger partial charge in [0.25, 0.3) is 0 Å². The number of alkyl halides is 3. The van der Waals surface area contributed by atoms with Crippen molar-refractivity contribution < 1.29 is 17.6 Å². The molecule has 4 rings (SSSR count). The summed E-state index contributed by atoms with van der Waals surface area (Å²) in [5.41, 5.74) is 2.15. The number of halogens is 4. The molecule has 3 N–H and O–H groups in total. The van der Waals surface area contributed by atoms with Crippen molar-refractivity contribution in [3.8, 4) is 0 Å². The summed E-state index contributed by atoms with van der Waals surface area (Å²) in [4.78, 5) is 10.9. The van der Waals surface area contributed by atoms with Gasteiger partial charge >= 0.3 is 6.18 Å². The smallest absolute Gasteiger partial charge is 0.378 e. The predicted molar refractivity (Wildman–Crippen MR) is 102 cm³/mol. The topological polar surface area (TPSA) is 65.6 Å². The molecular weight excluding hydrogens is 386 g/mol. The highest BCUT2D eigenvalue weighted by Crippen LogP contribution is 2.29. The van der Waals surface area contributed by atoms with E-state index in [1.165, 1.54) is 18.2 Å². The van der Waals surface area contributed by atoms with Crippen LogP contribution in [0.2, 0.25) is 0 Å². The van der Waals surface area contributed by atoms with Crippen LogP contribution >= 0.6 is 0 Å². The molecule has 9 heteroatoms. The summed E-state index contributed by atoms with van der Waals surface area (Å²) in [5, 5.41) is 6.01. The second kappa shape index (κ2) is 7.42. The number of imidazole rings is 1. The van der Waals surface area contributed by atoms with Gasteiger partial charge in [-0.3, -0.25) is 4.98 Å². The Balaban J connectivity index is 1.48. The molecule has 0 saturated carbocycles. The van der Waals surface area contributed by atoms with Crippen molar-refractivity contribution in [1.29, 1.82) is 0 Å². The van der Waals surface area contributed by atoms with Gasteiger partial charge in [-0.25, -0.2) is 9.37 Å². The number of hydrogen-bond donors (Lipinski definition) is 3. The third-order valence-electron chi connectivity index (χ3n) is 4.15. The van der Waals surface area contributed by atoms with Crippen LogP contribution in [-0.2, 0) is 12.7 Å². The number of benzene rings is 2. The Morgan fingerprint density at radius 1 is 0.931 bits per heavy atom. The fourth-order valence-electron chi connectivity index (χ4n) is 2.84. The van der Waals surface area contributed by atoms with E-state index in [0.29, 0.717) is 22.7 Å². The van der Waals surface area contributed by atoms with Crippen LogP contribution in [0.25, 0.3) is 11.0 Å². The second-order valence-corrected chi connectivity index (χ2v) is 6.33. The maximum absolute atomic E-state index is 13.3. The van der Waals surface area contributed by atoms with Gasteiger partial charge in [0.2, 0.25) is 0 Å². The van der Waals surface area contributed by atoms with Crippen molar-refractivity contribution in [2.45, 2.75) is 12.7 Å². The van der Waals surface area contributed by atoms with E-state index in [1.54, 1.807) is 18.2 Å². The fourth-order valence-corrected chi connectivity index (χ4v) is 2.84. The Morgan fingerprint density at radius 3 is 2.55 bits per heavy atom. The molecule has 0 atom stereocenters. The Morgan fingerprint density at radius 2 is 1.76 bits per heavy atom. The van der Waals surface area contributed by atoms with E-state index in [2.05, 4.69) is 25.6 Å². The van der Waals surface area contributed by atoms with Crippen LogP contribution in [0.1, 0.15) is 11.5 Å². The molecule has 2 aromatic carbocycles. The summed E-state index contributed by atoms with van der Waals surface area (Å²) in [7, 11) is 0. The highest BCUT2D eigenvalue weighted by molar-refractivity contribution is 5.80. The molecule has 2 aromatic heterocycles. The van der Waals surface area contributed by atoms with E-state index < -0.39 is 11.9 Å². The van der Waals surface area contributed by atoms with Crippen molar-refractivity contribution in [2.24, 2.45) is 0 Å². The Bertz CT molecular complexity index is 1150. The molecule has 148 valence electrons. The number of nitrogens with zero attached hydrogens (tertiary/aromatic N) is 2. The van der Waals surface area contributed by atoms with E-state index >= 15 is 0 Å². The summed E-state index contributed by atoms with van der Waals surface area (Å²) in [6.45, 7) is 0.211. The minimum atomic E-state index is -4.50. The first kappa shape index (κ1) is 18.7. The minimum absolute atomic E-state index is 0.211. The highest BCUT2D eigenvalue weighted by atomic mass is 19.4. The number of nitrogens with one attached hydrogen (secondary N) is 3. The average molecular weight is 401 g/mol. The number of hydrogen-bond acceptors (Lipinski definition) is 4. The molecule has 0 unspecified atom stereocenters. The van der Waals surface area contributed by atoms with E-state index in [0.717, 1.165) is 23.5 Å². The normalized spacial score (nSPS) is 11.6. The zero-order valence-electron chi connectivity index (χ0n) is 14.9. The van der Waals surface area contributed by atoms with Gasteiger partial charge in [-0.1, -0.05) is 6.07 Å². The van der Waals surface area contributed by atoms with E-state index in [1.807, 2.05) is 12.1 Å². The van der Waals surface area contributed by atoms with Gasteiger partial charge in [0, 0.05) is 23.3 Å². The van der Waals surface area contributed by atoms with Gasteiger partial charge in [-0.05, 0) is 48.5 Å². The molecule has 29 heavy (non-hydrogen) atoms. The first-order valence-corrected chi connectivity index (χ1v) is 8.65. The molecule has 0 fully saturated rings. The maximum Gasteiger partial charge on any atom is 0.433 e. The van der Waals surface area contributed by atoms with Gasteiger partial charge in [0.05, 0.1) is 17.6 Å². The van der Waals surface area contributed by atoms with Gasteiger partial charge < -0.3 is 15.6 Å². The highest BCUT2D eigenvalue weighted by Gasteiger charge is 2.32. The van der Waals surface area contributed by atoms with Gasteiger partial charge in [-0.15, -0.1) is 0 Å². The van der Waals surface area contributed by atoms with Gasteiger partial charge in [0.15, 0.2) is 0 Å². The molecular formula is C20H15F4N5. The monoisotopic (exact) mass is 401 g/mol. The van der Waals surface area contributed by atoms with Crippen LogP contribution in [0, 0.1) is 5.82 Å². The minimum Gasteiger partial charge on any atom is -0.378 e. The van der Waals surface area contributed by atoms with Crippen molar-refractivity contribution >= 4 is 28.1 Å².